The monoisotopic (exact) mass is 342 g/mol. The maximum Gasteiger partial charge on any atom is 0.416 e. The van der Waals surface area contributed by atoms with Gasteiger partial charge in [0.2, 0.25) is 0 Å². The van der Waals surface area contributed by atoms with Gasteiger partial charge in [0.1, 0.15) is 0 Å². The molecule has 0 aliphatic rings. The van der Waals surface area contributed by atoms with E-state index in [0.29, 0.717) is 23.7 Å². The van der Waals surface area contributed by atoms with E-state index in [1.807, 2.05) is 12.1 Å². The summed E-state index contributed by atoms with van der Waals surface area (Å²) in [6.45, 7) is 0.382. The number of hydrogen-bond acceptors (Lipinski definition) is 1. The molecule has 0 saturated carbocycles. The van der Waals surface area contributed by atoms with Crippen LogP contribution in [0.2, 0.25) is 5.02 Å². The molecule has 23 heavy (non-hydrogen) atoms. The van der Waals surface area contributed by atoms with Crippen molar-refractivity contribution < 1.29 is 18.0 Å². The molecular weight excluding hydrogens is 329 g/mol. The minimum atomic E-state index is -4.39. The quantitative estimate of drug-likeness (QED) is 0.829. The van der Waals surface area contributed by atoms with Crippen molar-refractivity contribution in [1.82, 2.24) is 5.32 Å². The average Bonchev–Trinajstić information content (AvgIpc) is 2.47. The molecule has 0 bridgehead atoms. The number of rotatable bonds is 4. The Bertz CT molecular complexity index is 672. The summed E-state index contributed by atoms with van der Waals surface area (Å²) >= 11 is 5.86. The Balaban J connectivity index is 1.80. The Morgan fingerprint density at radius 3 is 2.39 bits per heavy atom. The van der Waals surface area contributed by atoms with E-state index in [9.17, 15) is 18.0 Å². The summed E-state index contributed by atoms with van der Waals surface area (Å²) in [5, 5.41) is 5.73. The smallest absolute Gasteiger partial charge is 0.338 e. The van der Waals surface area contributed by atoms with Gasteiger partial charge in [-0.15, -0.1) is 0 Å². The molecule has 0 aliphatic heterocycles. The van der Waals surface area contributed by atoms with Crippen LogP contribution in [0.1, 0.15) is 11.1 Å². The van der Waals surface area contributed by atoms with Crippen LogP contribution in [0.15, 0.2) is 48.5 Å². The highest BCUT2D eigenvalue weighted by molar-refractivity contribution is 6.30. The normalized spacial score (nSPS) is 11.1. The Morgan fingerprint density at radius 1 is 1.09 bits per heavy atom. The predicted molar refractivity (Wildman–Crippen MR) is 83.6 cm³/mol. The Labute approximate surface area is 136 Å². The number of hydrogen-bond donors (Lipinski definition) is 2. The van der Waals surface area contributed by atoms with Crippen molar-refractivity contribution in [2.75, 3.05) is 11.9 Å². The molecule has 122 valence electrons. The molecule has 2 aromatic carbocycles. The van der Waals surface area contributed by atoms with Gasteiger partial charge < -0.3 is 10.6 Å². The number of halogens is 4. The van der Waals surface area contributed by atoms with Gasteiger partial charge in [0.15, 0.2) is 0 Å². The molecule has 0 heterocycles. The highest BCUT2D eigenvalue weighted by atomic mass is 35.5. The van der Waals surface area contributed by atoms with Crippen LogP contribution in [-0.4, -0.2) is 12.6 Å². The van der Waals surface area contributed by atoms with Gasteiger partial charge >= 0.3 is 12.2 Å². The third-order valence-electron chi connectivity index (χ3n) is 3.06. The number of amides is 2. The van der Waals surface area contributed by atoms with E-state index in [1.54, 1.807) is 12.1 Å². The molecule has 2 rings (SSSR count). The number of nitrogens with one attached hydrogen (secondary N) is 2. The minimum absolute atomic E-state index is 0.290. The lowest BCUT2D eigenvalue weighted by molar-refractivity contribution is -0.137. The van der Waals surface area contributed by atoms with Crippen molar-refractivity contribution in [3.63, 3.8) is 0 Å². The molecule has 0 fully saturated rings. The third kappa shape index (κ3) is 5.49. The lowest BCUT2D eigenvalue weighted by atomic mass is 10.1. The van der Waals surface area contributed by atoms with Gasteiger partial charge in [-0.25, -0.2) is 4.79 Å². The zero-order chi connectivity index (χ0) is 16.9. The summed E-state index contributed by atoms with van der Waals surface area (Å²) in [6.07, 6.45) is -3.79. The molecule has 2 aromatic rings. The van der Waals surface area contributed by atoms with Gasteiger partial charge in [-0.1, -0.05) is 23.7 Å². The van der Waals surface area contributed by atoms with Crippen LogP contribution in [0.4, 0.5) is 23.7 Å². The zero-order valence-electron chi connectivity index (χ0n) is 12.0. The highest BCUT2D eigenvalue weighted by Gasteiger charge is 2.29. The van der Waals surface area contributed by atoms with Crippen LogP contribution in [0.25, 0.3) is 0 Å². The van der Waals surface area contributed by atoms with Crippen LogP contribution < -0.4 is 10.6 Å². The molecule has 3 nitrogen and oxygen atoms in total. The Morgan fingerprint density at radius 2 is 1.78 bits per heavy atom. The fourth-order valence-electron chi connectivity index (χ4n) is 1.93. The van der Waals surface area contributed by atoms with Crippen molar-refractivity contribution in [1.29, 1.82) is 0 Å². The van der Waals surface area contributed by atoms with E-state index in [2.05, 4.69) is 10.6 Å². The first-order valence-electron chi connectivity index (χ1n) is 6.81. The van der Waals surface area contributed by atoms with Crippen molar-refractivity contribution in [3.05, 3.63) is 64.7 Å². The molecule has 0 aliphatic carbocycles. The summed E-state index contributed by atoms with van der Waals surface area (Å²) < 4.78 is 37.3. The highest BCUT2D eigenvalue weighted by Crippen LogP contribution is 2.29. The van der Waals surface area contributed by atoms with Crippen LogP contribution >= 0.6 is 11.6 Å². The van der Waals surface area contributed by atoms with Crippen LogP contribution in [0.3, 0.4) is 0 Å². The van der Waals surface area contributed by atoms with E-state index in [-0.39, 0.29) is 0 Å². The Hall–Kier alpha value is -2.21. The SMILES string of the molecule is O=C(NCCc1cccc(Cl)c1)Nc1ccc(C(F)(F)F)cc1. The average molecular weight is 343 g/mol. The second kappa shape index (κ2) is 7.37. The van der Waals surface area contributed by atoms with Crippen LogP contribution in [0, 0.1) is 0 Å². The van der Waals surface area contributed by atoms with Crippen molar-refractivity contribution >= 4 is 23.3 Å². The second-order valence-electron chi connectivity index (χ2n) is 4.84. The summed E-state index contributed by atoms with van der Waals surface area (Å²) in [5.41, 5.74) is 0.509. The van der Waals surface area contributed by atoms with Gasteiger partial charge in [-0.2, -0.15) is 13.2 Å². The Kier molecular flexibility index (Phi) is 5.50. The summed E-state index contributed by atoms with van der Waals surface area (Å²) in [6, 6.07) is 11.0. The van der Waals surface area contributed by atoms with Crippen LogP contribution in [0.5, 0.6) is 0 Å². The number of benzene rings is 2. The first kappa shape index (κ1) is 17.1. The fourth-order valence-corrected chi connectivity index (χ4v) is 2.14. The summed E-state index contributed by atoms with van der Waals surface area (Å²) in [7, 11) is 0. The van der Waals surface area contributed by atoms with E-state index in [0.717, 1.165) is 17.7 Å². The molecule has 7 heteroatoms. The molecule has 0 radical (unpaired) electrons. The first-order chi connectivity index (χ1) is 10.8. The second-order valence-corrected chi connectivity index (χ2v) is 5.27. The van der Waals surface area contributed by atoms with Crippen LogP contribution in [-0.2, 0) is 12.6 Å². The topological polar surface area (TPSA) is 41.1 Å². The minimum Gasteiger partial charge on any atom is -0.338 e. The summed E-state index contributed by atoms with van der Waals surface area (Å²) in [5.74, 6) is 0. The number of urea groups is 1. The fraction of sp³-hybridized carbons (Fsp3) is 0.188. The first-order valence-corrected chi connectivity index (χ1v) is 7.19. The molecular formula is C16H14ClF3N2O. The van der Waals surface area contributed by atoms with Gasteiger partial charge in [-0.05, 0) is 48.4 Å². The zero-order valence-corrected chi connectivity index (χ0v) is 12.7. The lowest BCUT2D eigenvalue weighted by Crippen LogP contribution is -2.30. The number of carbonyl (C=O) groups excluding carboxylic acids is 1. The molecule has 2 N–H and O–H groups in total. The van der Waals surface area contributed by atoms with Gasteiger partial charge in [0.05, 0.1) is 5.56 Å². The molecule has 0 saturated heterocycles. The molecule has 0 unspecified atom stereocenters. The largest absolute Gasteiger partial charge is 0.416 e. The van der Waals surface area contributed by atoms with Gasteiger partial charge in [-0.3, -0.25) is 0 Å². The van der Waals surface area contributed by atoms with E-state index in [4.69, 9.17) is 11.6 Å². The standard InChI is InChI=1S/C16H14ClF3N2O/c17-13-3-1-2-11(10-13)8-9-21-15(23)22-14-6-4-12(5-7-14)16(18,19)20/h1-7,10H,8-9H2,(H2,21,22,23). The van der Waals surface area contributed by atoms with E-state index in [1.165, 1.54) is 12.1 Å². The van der Waals surface area contributed by atoms with Gasteiger partial charge in [0.25, 0.3) is 0 Å². The number of anilines is 1. The summed E-state index contributed by atoms with van der Waals surface area (Å²) in [4.78, 5) is 11.7. The molecule has 0 aromatic heterocycles. The lowest BCUT2D eigenvalue weighted by Gasteiger charge is -2.10. The molecule has 2 amide bonds. The van der Waals surface area contributed by atoms with Gasteiger partial charge in [0, 0.05) is 17.3 Å². The van der Waals surface area contributed by atoms with Crippen molar-refractivity contribution in [2.24, 2.45) is 0 Å². The maximum absolute atomic E-state index is 12.4. The molecule has 0 atom stereocenters. The predicted octanol–water partition coefficient (Wildman–Crippen LogP) is 4.72. The van der Waals surface area contributed by atoms with Crippen molar-refractivity contribution in [2.45, 2.75) is 12.6 Å². The van der Waals surface area contributed by atoms with Crippen molar-refractivity contribution in [3.8, 4) is 0 Å². The number of carbonyl (C=O) groups is 1. The number of alkyl halides is 3. The maximum atomic E-state index is 12.4. The van der Waals surface area contributed by atoms with E-state index >= 15 is 0 Å². The van der Waals surface area contributed by atoms with E-state index < -0.39 is 17.8 Å². The molecule has 0 spiro atoms. The third-order valence-corrected chi connectivity index (χ3v) is 3.29.